The summed E-state index contributed by atoms with van der Waals surface area (Å²) in [6.45, 7) is 0. The first-order valence-corrected chi connectivity index (χ1v) is 5.03. The Morgan fingerprint density at radius 2 is 2.40 bits per heavy atom. The molecule has 1 nitrogen and oxygen atoms in total. The summed E-state index contributed by atoms with van der Waals surface area (Å²) in [7, 11) is 0. The lowest BCUT2D eigenvalue weighted by molar-refractivity contribution is 0.290. The van der Waals surface area contributed by atoms with Crippen LogP contribution in [0.3, 0.4) is 0 Å². The third kappa shape index (κ3) is 2.03. The number of rotatable bonds is 2. The minimum Gasteiger partial charge on any atom is -0.378 e. The van der Waals surface area contributed by atoms with Crippen LogP contribution in [0.5, 0.6) is 0 Å². The molecule has 10 heavy (non-hydrogen) atoms. The minimum absolute atomic E-state index is 0.236. The highest BCUT2D eigenvalue weighted by molar-refractivity contribution is 7.99. The molecule has 0 spiro atoms. The fourth-order valence-corrected chi connectivity index (χ4v) is 1.76. The van der Waals surface area contributed by atoms with Gasteiger partial charge in [-0.15, -0.1) is 11.8 Å². The van der Waals surface area contributed by atoms with Crippen molar-refractivity contribution < 1.29 is 5.11 Å². The molecule has 0 aliphatic heterocycles. The summed E-state index contributed by atoms with van der Waals surface area (Å²) in [6, 6.07) is 0. The van der Waals surface area contributed by atoms with E-state index in [0.717, 1.165) is 12.8 Å². The molecule has 0 heterocycles. The molecule has 0 saturated carbocycles. The van der Waals surface area contributed by atoms with Crippen LogP contribution in [0, 0.1) is 0 Å². The van der Waals surface area contributed by atoms with E-state index in [2.05, 4.69) is 6.08 Å². The van der Waals surface area contributed by atoms with Crippen molar-refractivity contribution in [1.82, 2.24) is 0 Å². The predicted octanol–water partition coefficient (Wildman–Crippen LogP) is 2.17. The molecule has 1 unspecified atom stereocenters. The summed E-state index contributed by atoms with van der Waals surface area (Å²) in [5.74, 6) is 0. The summed E-state index contributed by atoms with van der Waals surface area (Å²) in [5.41, 5.74) is 0.999. The number of hydrogen-bond acceptors (Lipinski definition) is 2. The predicted molar refractivity (Wildman–Crippen MR) is 46.1 cm³/mol. The Morgan fingerprint density at radius 1 is 1.60 bits per heavy atom. The van der Waals surface area contributed by atoms with Gasteiger partial charge in [0.2, 0.25) is 0 Å². The van der Waals surface area contributed by atoms with Gasteiger partial charge in [0.25, 0.3) is 0 Å². The van der Waals surface area contributed by atoms with Crippen LogP contribution in [0.15, 0.2) is 11.6 Å². The van der Waals surface area contributed by atoms with Gasteiger partial charge >= 0.3 is 0 Å². The van der Waals surface area contributed by atoms with E-state index in [1.165, 1.54) is 30.2 Å². The van der Waals surface area contributed by atoms with Crippen LogP contribution in [0.1, 0.15) is 25.7 Å². The Kier molecular flexibility index (Phi) is 3.29. The molecule has 0 aromatic rings. The third-order valence-electron chi connectivity index (χ3n) is 1.87. The summed E-state index contributed by atoms with van der Waals surface area (Å²) < 4.78 is 0. The maximum absolute atomic E-state index is 9.38. The van der Waals surface area contributed by atoms with E-state index in [4.69, 9.17) is 0 Å². The normalized spacial score (nSPS) is 22.0. The Bertz CT molecular complexity index is 131. The van der Waals surface area contributed by atoms with Gasteiger partial charge in [-0.05, 0) is 37.5 Å². The summed E-state index contributed by atoms with van der Waals surface area (Å²) >= 11 is 1.52. The van der Waals surface area contributed by atoms with Gasteiger partial charge in [0.15, 0.2) is 0 Å². The number of thioether (sulfide) groups is 1. The summed E-state index contributed by atoms with van der Waals surface area (Å²) in [4.78, 5) is 0. The van der Waals surface area contributed by atoms with Crippen molar-refractivity contribution in [2.45, 2.75) is 31.1 Å². The second-order valence-electron chi connectivity index (χ2n) is 2.61. The molecule has 1 aliphatic carbocycles. The lowest BCUT2D eigenvalue weighted by atomic mass is 10.0. The molecule has 0 bridgehead atoms. The van der Waals surface area contributed by atoms with Gasteiger partial charge < -0.3 is 5.11 Å². The maximum Gasteiger partial charge on any atom is 0.120 e. The zero-order valence-electron chi connectivity index (χ0n) is 6.34. The van der Waals surface area contributed by atoms with Gasteiger partial charge in [0.05, 0.1) is 0 Å². The van der Waals surface area contributed by atoms with E-state index in [0.29, 0.717) is 0 Å². The van der Waals surface area contributed by atoms with E-state index < -0.39 is 0 Å². The fraction of sp³-hybridized carbons (Fsp3) is 0.750. The van der Waals surface area contributed by atoms with Gasteiger partial charge in [-0.25, -0.2) is 0 Å². The van der Waals surface area contributed by atoms with Crippen molar-refractivity contribution >= 4 is 11.8 Å². The molecule has 0 radical (unpaired) electrons. The Labute approximate surface area is 66.5 Å². The van der Waals surface area contributed by atoms with E-state index in [1.807, 2.05) is 6.26 Å². The highest BCUT2D eigenvalue weighted by atomic mass is 32.2. The van der Waals surface area contributed by atoms with Gasteiger partial charge in [0.1, 0.15) is 5.44 Å². The molecule has 0 aromatic carbocycles. The Morgan fingerprint density at radius 3 is 2.90 bits per heavy atom. The topological polar surface area (TPSA) is 20.2 Å². The summed E-state index contributed by atoms with van der Waals surface area (Å²) in [5, 5.41) is 9.38. The zero-order chi connectivity index (χ0) is 7.40. The first-order chi connectivity index (χ1) is 4.84. The van der Waals surface area contributed by atoms with Crippen LogP contribution in [-0.2, 0) is 0 Å². The molecule has 58 valence electrons. The lowest BCUT2D eigenvalue weighted by Crippen LogP contribution is -2.07. The molecule has 1 aliphatic rings. The number of aliphatic hydroxyl groups excluding tert-OH is 1. The molecule has 1 N–H and O–H groups in total. The van der Waals surface area contributed by atoms with E-state index in [-0.39, 0.29) is 5.44 Å². The first kappa shape index (κ1) is 8.15. The van der Waals surface area contributed by atoms with Crippen LogP contribution in [0.4, 0.5) is 0 Å². The maximum atomic E-state index is 9.38. The Hall–Kier alpha value is 0.0500. The monoisotopic (exact) mass is 158 g/mol. The van der Waals surface area contributed by atoms with Crippen molar-refractivity contribution in [3.63, 3.8) is 0 Å². The molecule has 1 atom stereocenters. The molecule has 0 amide bonds. The largest absolute Gasteiger partial charge is 0.378 e. The molecular formula is C8H14OS. The standard InChI is InChI=1S/C8H14OS/c1-10-8(9)7-5-3-2-4-6-7/h5,8-9H,2-4,6H2,1H3. The highest BCUT2D eigenvalue weighted by Gasteiger charge is 2.10. The molecule has 0 saturated heterocycles. The van der Waals surface area contributed by atoms with Crippen molar-refractivity contribution in [2.24, 2.45) is 0 Å². The molecule has 0 fully saturated rings. The number of hydrogen-bond donors (Lipinski definition) is 1. The molecule has 0 aromatic heterocycles. The Balaban J connectivity index is 2.44. The van der Waals surface area contributed by atoms with Crippen LogP contribution < -0.4 is 0 Å². The van der Waals surface area contributed by atoms with Crippen LogP contribution in [-0.4, -0.2) is 16.8 Å². The van der Waals surface area contributed by atoms with Gasteiger partial charge in [-0.2, -0.15) is 0 Å². The van der Waals surface area contributed by atoms with Crippen molar-refractivity contribution in [3.05, 3.63) is 11.6 Å². The van der Waals surface area contributed by atoms with E-state index >= 15 is 0 Å². The highest BCUT2D eigenvalue weighted by Crippen LogP contribution is 2.24. The smallest absolute Gasteiger partial charge is 0.120 e. The third-order valence-corrected chi connectivity index (χ3v) is 2.62. The van der Waals surface area contributed by atoms with Gasteiger partial charge in [-0.1, -0.05) is 6.08 Å². The number of aliphatic hydroxyl groups is 1. The van der Waals surface area contributed by atoms with Crippen LogP contribution in [0.25, 0.3) is 0 Å². The fourth-order valence-electron chi connectivity index (χ4n) is 1.24. The van der Waals surface area contributed by atoms with Crippen LogP contribution in [0.2, 0.25) is 0 Å². The van der Waals surface area contributed by atoms with Gasteiger partial charge in [-0.3, -0.25) is 0 Å². The zero-order valence-corrected chi connectivity index (χ0v) is 7.16. The van der Waals surface area contributed by atoms with E-state index in [9.17, 15) is 5.11 Å². The molecule has 2 heteroatoms. The first-order valence-electron chi connectivity index (χ1n) is 3.74. The second kappa shape index (κ2) is 4.04. The van der Waals surface area contributed by atoms with Gasteiger partial charge in [0, 0.05) is 0 Å². The molecule has 1 rings (SSSR count). The average molecular weight is 158 g/mol. The van der Waals surface area contributed by atoms with Crippen molar-refractivity contribution in [1.29, 1.82) is 0 Å². The number of allylic oxidation sites excluding steroid dienone is 1. The van der Waals surface area contributed by atoms with E-state index in [1.54, 1.807) is 0 Å². The van der Waals surface area contributed by atoms with Crippen LogP contribution >= 0.6 is 11.8 Å². The van der Waals surface area contributed by atoms with Crippen molar-refractivity contribution in [3.8, 4) is 0 Å². The second-order valence-corrected chi connectivity index (χ2v) is 3.53. The quantitative estimate of drug-likeness (QED) is 0.491. The average Bonchev–Trinajstić information content (AvgIpc) is 2.05. The van der Waals surface area contributed by atoms with Crippen molar-refractivity contribution in [2.75, 3.05) is 6.26 Å². The summed E-state index contributed by atoms with van der Waals surface area (Å²) in [6.07, 6.45) is 8.94. The SMILES string of the molecule is CSC(O)C1=CCCCC1. The minimum atomic E-state index is -0.236. The molecular weight excluding hydrogens is 144 g/mol. The lowest BCUT2D eigenvalue weighted by Gasteiger charge is -2.16.